The van der Waals surface area contributed by atoms with Crippen LogP contribution in [-0.2, 0) is 11.3 Å². The molecule has 1 aromatic rings. The number of rotatable bonds is 4. The van der Waals surface area contributed by atoms with Crippen molar-refractivity contribution in [2.24, 2.45) is 5.92 Å². The van der Waals surface area contributed by atoms with Gasteiger partial charge in [0, 0.05) is 58.3 Å². The molecule has 2 saturated heterocycles. The van der Waals surface area contributed by atoms with E-state index in [4.69, 9.17) is 14.2 Å². The van der Waals surface area contributed by atoms with Crippen molar-refractivity contribution in [3.05, 3.63) is 23.8 Å². The van der Waals surface area contributed by atoms with E-state index < -0.39 is 0 Å². The first-order valence-electron chi connectivity index (χ1n) is 10.1. The number of ether oxygens (including phenoxy) is 3. The standard InChI is InChI=1S/C20H30N4O4/c1-22-8-9-26-14-17(12-22)11-21-20(25)24-6-4-23(5-7-24)13-16-2-3-18-19(10-16)28-15-27-18/h2-3,10,17H,4-9,11-15H2,1H3,(H,21,25)/t17-/m1/s1. The van der Waals surface area contributed by atoms with Crippen LogP contribution in [0.25, 0.3) is 0 Å². The predicted octanol–water partition coefficient (Wildman–Crippen LogP) is 0.821. The van der Waals surface area contributed by atoms with Crippen LogP contribution in [0.5, 0.6) is 11.5 Å². The second kappa shape index (κ2) is 8.98. The number of hydrogen-bond acceptors (Lipinski definition) is 6. The number of hydrogen-bond donors (Lipinski definition) is 1. The largest absolute Gasteiger partial charge is 0.454 e. The SMILES string of the molecule is CN1CCOC[C@H](CNC(=O)N2CCN(Cc3ccc4c(c3)OCO4)CC2)C1. The molecular formula is C20H30N4O4. The molecule has 0 unspecified atom stereocenters. The van der Waals surface area contributed by atoms with Crippen LogP contribution in [0.2, 0.25) is 0 Å². The zero-order chi connectivity index (χ0) is 19.3. The minimum absolute atomic E-state index is 0.0367. The van der Waals surface area contributed by atoms with Gasteiger partial charge in [0.2, 0.25) is 6.79 Å². The number of amides is 2. The van der Waals surface area contributed by atoms with Crippen LogP contribution in [0, 0.1) is 5.92 Å². The summed E-state index contributed by atoms with van der Waals surface area (Å²) in [5.74, 6) is 1.99. The number of piperazine rings is 1. The summed E-state index contributed by atoms with van der Waals surface area (Å²) >= 11 is 0. The van der Waals surface area contributed by atoms with Crippen molar-refractivity contribution in [1.29, 1.82) is 0 Å². The Morgan fingerprint density at radius 3 is 2.82 bits per heavy atom. The van der Waals surface area contributed by atoms with Crippen LogP contribution in [0.1, 0.15) is 5.56 Å². The minimum Gasteiger partial charge on any atom is -0.454 e. The molecule has 0 aromatic heterocycles. The molecule has 0 aliphatic carbocycles. The van der Waals surface area contributed by atoms with Crippen molar-refractivity contribution in [2.45, 2.75) is 6.54 Å². The summed E-state index contributed by atoms with van der Waals surface area (Å²) in [5, 5.41) is 3.09. The van der Waals surface area contributed by atoms with Gasteiger partial charge in [-0.15, -0.1) is 0 Å². The molecule has 0 saturated carbocycles. The zero-order valence-corrected chi connectivity index (χ0v) is 16.6. The Bertz CT molecular complexity index is 678. The maximum atomic E-state index is 12.5. The molecule has 1 N–H and O–H groups in total. The van der Waals surface area contributed by atoms with Gasteiger partial charge in [-0.05, 0) is 24.7 Å². The molecule has 1 atom stereocenters. The molecule has 0 radical (unpaired) electrons. The summed E-state index contributed by atoms with van der Waals surface area (Å²) in [7, 11) is 2.10. The van der Waals surface area contributed by atoms with E-state index in [0.29, 0.717) is 25.9 Å². The van der Waals surface area contributed by atoms with Gasteiger partial charge >= 0.3 is 6.03 Å². The third kappa shape index (κ3) is 4.87. The average molecular weight is 390 g/mol. The lowest BCUT2D eigenvalue weighted by Gasteiger charge is -2.35. The quantitative estimate of drug-likeness (QED) is 0.821. The van der Waals surface area contributed by atoms with E-state index in [0.717, 1.165) is 63.9 Å². The van der Waals surface area contributed by atoms with Gasteiger partial charge in [-0.2, -0.15) is 0 Å². The smallest absolute Gasteiger partial charge is 0.317 e. The summed E-state index contributed by atoms with van der Waals surface area (Å²) in [4.78, 5) is 19.1. The first kappa shape index (κ1) is 19.3. The lowest BCUT2D eigenvalue weighted by molar-refractivity contribution is 0.117. The first-order valence-corrected chi connectivity index (χ1v) is 10.1. The highest BCUT2D eigenvalue weighted by atomic mass is 16.7. The van der Waals surface area contributed by atoms with Gasteiger partial charge in [0.05, 0.1) is 13.2 Å². The number of carbonyl (C=O) groups excluding carboxylic acids is 1. The van der Waals surface area contributed by atoms with Gasteiger partial charge in [0.15, 0.2) is 11.5 Å². The van der Waals surface area contributed by atoms with Gasteiger partial charge in [0.25, 0.3) is 0 Å². The second-order valence-corrected chi connectivity index (χ2v) is 7.84. The Morgan fingerprint density at radius 1 is 1.14 bits per heavy atom. The van der Waals surface area contributed by atoms with Crippen LogP contribution in [-0.4, -0.2) is 93.6 Å². The van der Waals surface area contributed by atoms with E-state index in [-0.39, 0.29) is 6.03 Å². The third-order valence-electron chi connectivity index (χ3n) is 5.59. The van der Waals surface area contributed by atoms with E-state index in [1.807, 2.05) is 17.0 Å². The highest BCUT2D eigenvalue weighted by Gasteiger charge is 2.23. The van der Waals surface area contributed by atoms with Crippen molar-refractivity contribution in [1.82, 2.24) is 20.0 Å². The molecule has 28 heavy (non-hydrogen) atoms. The molecule has 8 heteroatoms. The molecule has 3 aliphatic heterocycles. The van der Waals surface area contributed by atoms with Crippen molar-refractivity contribution < 1.29 is 19.0 Å². The van der Waals surface area contributed by atoms with Gasteiger partial charge < -0.3 is 29.3 Å². The summed E-state index contributed by atoms with van der Waals surface area (Å²) in [6.07, 6.45) is 0. The highest BCUT2D eigenvalue weighted by molar-refractivity contribution is 5.74. The lowest BCUT2D eigenvalue weighted by Crippen LogP contribution is -2.52. The summed E-state index contributed by atoms with van der Waals surface area (Å²) < 4.78 is 16.4. The van der Waals surface area contributed by atoms with Gasteiger partial charge in [-0.3, -0.25) is 4.90 Å². The minimum atomic E-state index is 0.0367. The number of benzene rings is 1. The number of likely N-dealkylation sites (N-methyl/N-ethyl adjacent to an activating group) is 1. The number of nitrogens with zero attached hydrogens (tertiary/aromatic N) is 3. The predicted molar refractivity (Wildman–Crippen MR) is 105 cm³/mol. The maximum Gasteiger partial charge on any atom is 0.317 e. The van der Waals surface area contributed by atoms with Crippen LogP contribution in [0.15, 0.2) is 18.2 Å². The Labute approximate surface area is 166 Å². The average Bonchev–Trinajstić information content (AvgIpc) is 3.07. The topological polar surface area (TPSA) is 66.5 Å². The van der Waals surface area contributed by atoms with E-state index in [2.05, 4.69) is 28.2 Å². The van der Waals surface area contributed by atoms with Crippen molar-refractivity contribution in [3.63, 3.8) is 0 Å². The Hall–Kier alpha value is -2.03. The third-order valence-corrected chi connectivity index (χ3v) is 5.59. The summed E-state index contributed by atoms with van der Waals surface area (Å²) in [5.41, 5.74) is 1.21. The zero-order valence-electron chi connectivity index (χ0n) is 16.6. The summed E-state index contributed by atoms with van der Waals surface area (Å²) in [6.45, 7) is 8.47. The molecule has 2 fully saturated rings. The highest BCUT2D eigenvalue weighted by Crippen LogP contribution is 2.32. The van der Waals surface area contributed by atoms with Crippen molar-refractivity contribution in [2.75, 3.05) is 72.9 Å². The first-order chi connectivity index (χ1) is 13.7. The maximum absolute atomic E-state index is 12.5. The van der Waals surface area contributed by atoms with Gasteiger partial charge in [0.1, 0.15) is 0 Å². The number of fused-ring (bicyclic) bond motifs is 1. The molecule has 3 aliphatic rings. The fourth-order valence-electron chi connectivity index (χ4n) is 3.93. The van der Waals surface area contributed by atoms with Crippen LogP contribution < -0.4 is 14.8 Å². The molecule has 154 valence electrons. The molecule has 2 amide bonds. The van der Waals surface area contributed by atoms with Crippen molar-refractivity contribution in [3.8, 4) is 11.5 Å². The molecule has 0 spiro atoms. The molecule has 4 rings (SSSR count). The Morgan fingerprint density at radius 2 is 1.96 bits per heavy atom. The second-order valence-electron chi connectivity index (χ2n) is 7.84. The number of nitrogens with one attached hydrogen (secondary N) is 1. The fourth-order valence-corrected chi connectivity index (χ4v) is 3.93. The van der Waals surface area contributed by atoms with Gasteiger partial charge in [-0.25, -0.2) is 4.79 Å². The van der Waals surface area contributed by atoms with E-state index in [9.17, 15) is 4.79 Å². The normalized spacial score (nSPS) is 23.5. The van der Waals surface area contributed by atoms with E-state index in [1.165, 1.54) is 5.56 Å². The van der Waals surface area contributed by atoms with Crippen LogP contribution >= 0.6 is 0 Å². The summed E-state index contributed by atoms with van der Waals surface area (Å²) in [6, 6.07) is 6.14. The number of urea groups is 1. The van der Waals surface area contributed by atoms with Crippen molar-refractivity contribution >= 4 is 6.03 Å². The van der Waals surface area contributed by atoms with E-state index in [1.54, 1.807) is 0 Å². The molecule has 0 bridgehead atoms. The number of carbonyl (C=O) groups is 1. The molecule has 8 nitrogen and oxygen atoms in total. The van der Waals surface area contributed by atoms with Crippen LogP contribution in [0.3, 0.4) is 0 Å². The van der Waals surface area contributed by atoms with Crippen LogP contribution in [0.4, 0.5) is 4.79 Å². The lowest BCUT2D eigenvalue weighted by atomic mass is 10.1. The Balaban J connectivity index is 1.20. The molecular weight excluding hydrogens is 360 g/mol. The molecule has 1 aromatic carbocycles. The fraction of sp³-hybridized carbons (Fsp3) is 0.650. The molecule has 3 heterocycles. The Kier molecular flexibility index (Phi) is 6.19. The van der Waals surface area contributed by atoms with Gasteiger partial charge in [-0.1, -0.05) is 6.07 Å². The van der Waals surface area contributed by atoms with E-state index >= 15 is 0 Å². The monoisotopic (exact) mass is 390 g/mol.